The summed E-state index contributed by atoms with van der Waals surface area (Å²) in [7, 11) is 1.77. The van der Waals surface area contributed by atoms with Gasteiger partial charge >= 0.3 is 0 Å². The van der Waals surface area contributed by atoms with Crippen molar-refractivity contribution in [2.75, 3.05) is 12.9 Å². The molecular formula is C19H27NOS. The highest BCUT2D eigenvalue weighted by Crippen LogP contribution is 2.50. The molecule has 3 heteroatoms. The van der Waals surface area contributed by atoms with E-state index in [0.717, 1.165) is 18.2 Å². The summed E-state index contributed by atoms with van der Waals surface area (Å²) >= 11 is 2.24. The third-order valence-corrected chi connectivity index (χ3v) is 7.33. The summed E-state index contributed by atoms with van der Waals surface area (Å²) in [6.45, 7) is 1.01. The van der Waals surface area contributed by atoms with E-state index in [4.69, 9.17) is 4.74 Å². The minimum absolute atomic E-state index is 0.642. The molecule has 3 aliphatic rings. The number of hydrogen-bond acceptors (Lipinski definition) is 3. The Hall–Kier alpha value is -0.670. The average Bonchev–Trinajstić information content (AvgIpc) is 3.36. The zero-order chi connectivity index (χ0) is 15.0. The Labute approximate surface area is 138 Å². The van der Waals surface area contributed by atoms with Crippen molar-refractivity contribution in [3.8, 4) is 5.75 Å². The van der Waals surface area contributed by atoms with Gasteiger partial charge in [0.2, 0.25) is 0 Å². The fourth-order valence-corrected chi connectivity index (χ4v) is 5.76. The normalized spacial score (nSPS) is 26.7. The fourth-order valence-electron chi connectivity index (χ4n) is 4.03. The second kappa shape index (κ2) is 6.09. The van der Waals surface area contributed by atoms with Crippen LogP contribution in [-0.2, 0) is 6.54 Å². The topological polar surface area (TPSA) is 21.3 Å². The molecule has 3 fully saturated rings. The number of rotatable bonds is 5. The van der Waals surface area contributed by atoms with Gasteiger partial charge in [-0.25, -0.2) is 0 Å². The molecule has 0 bridgehead atoms. The van der Waals surface area contributed by atoms with Crippen molar-refractivity contribution < 1.29 is 4.74 Å². The molecule has 4 rings (SSSR count). The van der Waals surface area contributed by atoms with Crippen LogP contribution in [0.1, 0.15) is 62.0 Å². The third-order valence-electron chi connectivity index (χ3n) is 5.71. The van der Waals surface area contributed by atoms with Crippen molar-refractivity contribution >= 4 is 11.8 Å². The third kappa shape index (κ3) is 3.03. The summed E-state index contributed by atoms with van der Waals surface area (Å²) in [6, 6.07) is 7.37. The maximum Gasteiger partial charge on any atom is 0.119 e. The number of ether oxygens (including phenoxy) is 1. The van der Waals surface area contributed by atoms with E-state index in [1.54, 1.807) is 12.7 Å². The zero-order valence-electron chi connectivity index (χ0n) is 13.6. The standard InChI is InChI=1S/C19H27NOS/c1-21-17-5-6-18(14-3-4-14)15(11-17)13-20-16-7-10-22-19(12-16)8-2-9-19/h5-6,11,14,16,20H,2-4,7-10,12-13H2,1H3. The number of methoxy groups -OCH3 is 1. The van der Waals surface area contributed by atoms with Crippen LogP contribution < -0.4 is 10.1 Å². The van der Waals surface area contributed by atoms with Gasteiger partial charge in [0.1, 0.15) is 5.75 Å². The van der Waals surface area contributed by atoms with E-state index in [1.165, 1.54) is 56.3 Å². The molecule has 1 unspecified atom stereocenters. The van der Waals surface area contributed by atoms with Crippen molar-refractivity contribution in [3.63, 3.8) is 0 Å². The molecule has 120 valence electrons. The van der Waals surface area contributed by atoms with Gasteiger partial charge in [0.25, 0.3) is 0 Å². The van der Waals surface area contributed by atoms with E-state index in [2.05, 4.69) is 35.3 Å². The molecule has 1 N–H and O–H groups in total. The predicted octanol–water partition coefficient (Wildman–Crippen LogP) is 4.48. The lowest BCUT2D eigenvalue weighted by atomic mass is 9.78. The van der Waals surface area contributed by atoms with Crippen molar-refractivity contribution in [1.82, 2.24) is 5.32 Å². The van der Waals surface area contributed by atoms with Crippen LogP contribution in [0.4, 0.5) is 0 Å². The summed E-state index contributed by atoms with van der Waals surface area (Å²) in [6.07, 6.45) is 9.77. The van der Waals surface area contributed by atoms with Crippen LogP contribution in [0.5, 0.6) is 5.75 Å². The molecule has 0 radical (unpaired) electrons. The van der Waals surface area contributed by atoms with E-state index < -0.39 is 0 Å². The van der Waals surface area contributed by atoms with E-state index in [0.29, 0.717) is 10.8 Å². The van der Waals surface area contributed by atoms with Crippen LogP contribution in [0.25, 0.3) is 0 Å². The first-order valence-electron chi connectivity index (χ1n) is 8.82. The molecule has 2 saturated carbocycles. The Morgan fingerprint density at radius 1 is 1.27 bits per heavy atom. The average molecular weight is 317 g/mol. The van der Waals surface area contributed by atoms with Gasteiger partial charge in [-0.15, -0.1) is 0 Å². The zero-order valence-corrected chi connectivity index (χ0v) is 14.4. The number of thioether (sulfide) groups is 1. The molecule has 22 heavy (non-hydrogen) atoms. The highest BCUT2D eigenvalue weighted by atomic mass is 32.2. The smallest absolute Gasteiger partial charge is 0.119 e. The van der Waals surface area contributed by atoms with Gasteiger partial charge in [-0.1, -0.05) is 12.5 Å². The lowest BCUT2D eigenvalue weighted by Gasteiger charge is -2.47. The first-order chi connectivity index (χ1) is 10.8. The van der Waals surface area contributed by atoms with E-state index in [1.807, 2.05) is 0 Å². The van der Waals surface area contributed by atoms with Gasteiger partial charge < -0.3 is 10.1 Å². The molecule has 2 nitrogen and oxygen atoms in total. The largest absolute Gasteiger partial charge is 0.497 e. The predicted molar refractivity (Wildman–Crippen MR) is 93.9 cm³/mol. The second-order valence-electron chi connectivity index (χ2n) is 7.29. The van der Waals surface area contributed by atoms with E-state index in [-0.39, 0.29) is 0 Å². The molecule has 1 spiro atoms. The van der Waals surface area contributed by atoms with Crippen LogP contribution in [0.3, 0.4) is 0 Å². The van der Waals surface area contributed by atoms with Crippen LogP contribution in [-0.4, -0.2) is 23.7 Å². The summed E-state index contributed by atoms with van der Waals surface area (Å²) < 4.78 is 6.07. The second-order valence-corrected chi connectivity index (χ2v) is 8.86. The van der Waals surface area contributed by atoms with Crippen LogP contribution >= 0.6 is 11.8 Å². The molecule has 1 aromatic rings. The Kier molecular flexibility index (Phi) is 4.12. The minimum Gasteiger partial charge on any atom is -0.497 e. The quantitative estimate of drug-likeness (QED) is 0.865. The Bertz CT molecular complexity index is 536. The van der Waals surface area contributed by atoms with Gasteiger partial charge in [0.15, 0.2) is 0 Å². The van der Waals surface area contributed by atoms with Crippen molar-refractivity contribution in [2.24, 2.45) is 0 Å². The molecule has 0 aromatic heterocycles. The van der Waals surface area contributed by atoms with Gasteiger partial charge in [-0.05, 0) is 73.5 Å². The summed E-state index contributed by atoms with van der Waals surface area (Å²) in [4.78, 5) is 0. The number of nitrogens with one attached hydrogen (secondary N) is 1. The monoisotopic (exact) mass is 317 g/mol. The van der Waals surface area contributed by atoms with Crippen molar-refractivity contribution in [1.29, 1.82) is 0 Å². The summed E-state index contributed by atoms with van der Waals surface area (Å²) in [5.41, 5.74) is 3.01. The van der Waals surface area contributed by atoms with Crippen LogP contribution in [0.2, 0.25) is 0 Å². The Morgan fingerprint density at radius 3 is 2.82 bits per heavy atom. The van der Waals surface area contributed by atoms with Crippen LogP contribution in [0.15, 0.2) is 18.2 Å². The van der Waals surface area contributed by atoms with Gasteiger partial charge in [0.05, 0.1) is 7.11 Å². The highest BCUT2D eigenvalue weighted by molar-refractivity contribution is 8.00. The van der Waals surface area contributed by atoms with Crippen molar-refractivity contribution in [2.45, 2.75) is 68.2 Å². The molecule has 1 aromatic carbocycles. The Balaban J connectivity index is 1.42. The number of benzene rings is 1. The first-order valence-corrected chi connectivity index (χ1v) is 9.81. The summed E-state index contributed by atoms with van der Waals surface area (Å²) in [5.74, 6) is 3.14. The van der Waals surface area contributed by atoms with Gasteiger partial charge in [-0.2, -0.15) is 11.8 Å². The van der Waals surface area contributed by atoms with Crippen molar-refractivity contribution in [3.05, 3.63) is 29.3 Å². The Morgan fingerprint density at radius 2 is 2.14 bits per heavy atom. The molecule has 2 aliphatic carbocycles. The maximum absolute atomic E-state index is 5.43. The van der Waals surface area contributed by atoms with E-state index >= 15 is 0 Å². The molecule has 1 atom stereocenters. The minimum atomic E-state index is 0.642. The van der Waals surface area contributed by atoms with Gasteiger partial charge in [0, 0.05) is 17.3 Å². The van der Waals surface area contributed by atoms with E-state index in [9.17, 15) is 0 Å². The van der Waals surface area contributed by atoms with Gasteiger partial charge in [-0.3, -0.25) is 0 Å². The molecule has 1 heterocycles. The molecule has 1 aliphatic heterocycles. The maximum atomic E-state index is 5.43. The first kappa shape index (κ1) is 14.9. The molecule has 1 saturated heterocycles. The summed E-state index contributed by atoms with van der Waals surface area (Å²) in [5, 5.41) is 3.87. The lowest BCUT2D eigenvalue weighted by Crippen LogP contribution is -2.45. The SMILES string of the molecule is COc1ccc(C2CC2)c(CNC2CCSC3(CCC3)C2)c1. The number of hydrogen-bond donors (Lipinski definition) is 1. The highest BCUT2D eigenvalue weighted by Gasteiger charge is 2.41. The fraction of sp³-hybridized carbons (Fsp3) is 0.684. The van der Waals surface area contributed by atoms with Crippen LogP contribution in [0, 0.1) is 0 Å². The lowest BCUT2D eigenvalue weighted by molar-refractivity contribution is 0.284. The molecule has 0 amide bonds. The molecular weight excluding hydrogens is 290 g/mol.